The number of esters is 1. The molecule has 1 N–H and O–H groups in total. The number of hydrogen-bond donors (Lipinski definition) is 1. The number of aromatic nitrogens is 2. The van der Waals surface area contributed by atoms with Crippen LogP contribution >= 0.6 is 22.7 Å². The molecule has 2 aromatic heterocycles. The number of thiazole rings is 2. The second-order valence-electron chi connectivity index (χ2n) is 6.59. The van der Waals surface area contributed by atoms with Crippen LogP contribution in [-0.4, -0.2) is 28.5 Å². The van der Waals surface area contributed by atoms with Crippen LogP contribution in [0.4, 0.5) is 13.9 Å². The van der Waals surface area contributed by atoms with Crippen molar-refractivity contribution in [3.8, 4) is 21.8 Å². The normalized spacial score (nSPS) is 10.7. The molecule has 10 heteroatoms. The molecule has 0 aliphatic heterocycles. The second kappa shape index (κ2) is 9.33. The van der Waals surface area contributed by atoms with Crippen LogP contribution < -0.4 is 5.32 Å². The zero-order valence-corrected chi connectivity index (χ0v) is 18.2. The summed E-state index contributed by atoms with van der Waals surface area (Å²) in [7, 11) is 0. The van der Waals surface area contributed by atoms with E-state index in [1.54, 1.807) is 6.92 Å². The average molecular weight is 472 g/mol. The van der Waals surface area contributed by atoms with Gasteiger partial charge in [0.15, 0.2) is 11.7 Å². The lowest BCUT2D eigenvalue weighted by Gasteiger charge is -2.04. The summed E-state index contributed by atoms with van der Waals surface area (Å²) in [6.45, 7) is 1.17. The number of amides is 1. The highest BCUT2D eigenvalue weighted by atomic mass is 32.1. The standard InChI is InChI=1S/C22H15F2N3O3S2/c1-12-19(32-20(25-12)13-5-3-2-4-6-13)21(29)30-10-18(28)27-22-26-17(11-31-22)15-9-14(23)7-8-16(15)24/h2-9,11H,10H2,1H3,(H,26,27,28). The van der Waals surface area contributed by atoms with Gasteiger partial charge in [0.1, 0.15) is 21.5 Å². The predicted molar refractivity (Wildman–Crippen MR) is 119 cm³/mol. The Bertz CT molecular complexity index is 1290. The number of rotatable bonds is 6. The Kier molecular flexibility index (Phi) is 6.33. The van der Waals surface area contributed by atoms with Crippen LogP contribution in [0.1, 0.15) is 15.4 Å². The Balaban J connectivity index is 1.37. The van der Waals surface area contributed by atoms with Gasteiger partial charge in [0.05, 0.1) is 11.4 Å². The zero-order chi connectivity index (χ0) is 22.7. The largest absolute Gasteiger partial charge is 0.451 e. The first kappa shape index (κ1) is 21.7. The van der Waals surface area contributed by atoms with Gasteiger partial charge in [0.2, 0.25) is 0 Å². The van der Waals surface area contributed by atoms with Gasteiger partial charge >= 0.3 is 5.97 Å². The number of ether oxygens (including phenoxy) is 1. The topological polar surface area (TPSA) is 81.2 Å². The van der Waals surface area contributed by atoms with Gasteiger partial charge in [-0.25, -0.2) is 23.5 Å². The Hall–Kier alpha value is -3.50. The van der Waals surface area contributed by atoms with Gasteiger partial charge in [-0.3, -0.25) is 10.1 Å². The third kappa shape index (κ3) is 4.87. The molecule has 0 spiro atoms. The van der Waals surface area contributed by atoms with E-state index >= 15 is 0 Å². The lowest BCUT2D eigenvalue weighted by atomic mass is 10.1. The van der Waals surface area contributed by atoms with Crippen LogP contribution in [0, 0.1) is 18.6 Å². The molecule has 0 aliphatic carbocycles. The molecule has 0 bridgehead atoms. The summed E-state index contributed by atoms with van der Waals surface area (Å²) in [6, 6.07) is 12.5. The molecule has 0 fully saturated rings. The van der Waals surface area contributed by atoms with E-state index in [1.165, 1.54) is 16.7 Å². The van der Waals surface area contributed by atoms with Gasteiger partial charge in [-0.15, -0.1) is 22.7 Å². The van der Waals surface area contributed by atoms with E-state index in [0.29, 0.717) is 15.6 Å². The lowest BCUT2D eigenvalue weighted by molar-refractivity contribution is -0.119. The SMILES string of the molecule is Cc1nc(-c2ccccc2)sc1C(=O)OCC(=O)Nc1nc(-c2cc(F)ccc2F)cs1. The van der Waals surface area contributed by atoms with Crippen molar-refractivity contribution in [3.63, 3.8) is 0 Å². The highest BCUT2D eigenvalue weighted by molar-refractivity contribution is 7.17. The summed E-state index contributed by atoms with van der Waals surface area (Å²) in [5, 5.41) is 4.82. The third-order valence-electron chi connectivity index (χ3n) is 4.29. The fraction of sp³-hybridized carbons (Fsp3) is 0.0909. The third-order valence-corrected chi connectivity index (χ3v) is 6.24. The Morgan fingerprint density at radius 2 is 1.88 bits per heavy atom. The zero-order valence-electron chi connectivity index (χ0n) is 16.6. The molecule has 0 atom stereocenters. The number of halogens is 2. The van der Waals surface area contributed by atoms with Gasteiger partial charge in [0.25, 0.3) is 5.91 Å². The number of nitrogens with one attached hydrogen (secondary N) is 1. The van der Waals surface area contributed by atoms with Crippen LogP contribution in [0.5, 0.6) is 0 Å². The van der Waals surface area contributed by atoms with Crippen molar-refractivity contribution in [2.75, 3.05) is 11.9 Å². The van der Waals surface area contributed by atoms with Gasteiger partial charge in [-0.05, 0) is 25.1 Å². The lowest BCUT2D eigenvalue weighted by Crippen LogP contribution is -2.20. The molecule has 1 amide bonds. The summed E-state index contributed by atoms with van der Waals surface area (Å²) in [5.74, 6) is -2.48. The van der Waals surface area contributed by atoms with Crippen molar-refractivity contribution >= 4 is 39.7 Å². The van der Waals surface area contributed by atoms with E-state index in [4.69, 9.17) is 4.74 Å². The molecular weight excluding hydrogens is 456 g/mol. The molecule has 0 unspecified atom stereocenters. The molecule has 2 heterocycles. The molecule has 4 aromatic rings. The molecule has 2 aromatic carbocycles. The van der Waals surface area contributed by atoms with E-state index < -0.39 is 30.1 Å². The molecule has 6 nitrogen and oxygen atoms in total. The molecule has 32 heavy (non-hydrogen) atoms. The predicted octanol–water partition coefficient (Wildman–Crippen LogP) is 5.32. The number of aryl methyl sites for hydroxylation is 1. The highest BCUT2D eigenvalue weighted by Gasteiger charge is 2.19. The summed E-state index contributed by atoms with van der Waals surface area (Å²) in [4.78, 5) is 33.4. The fourth-order valence-electron chi connectivity index (χ4n) is 2.79. The molecule has 0 saturated carbocycles. The molecule has 162 valence electrons. The number of anilines is 1. The maximum atomic E-state index is 13.9. The maximum absolute atomic E-state index is 13.9. The van der Waals surface area contributed by atoms with Crippen molar-refractivity contribution in [2.24, 2.45) is 0 Å². The van der Waals surface area contributed by atoms with Crippen molar-refractivity contribution in [2.45, 2.75) is 6.92 Å². The Labute approximate surface area is 189 Å². The summed E-state index contributed by atoms with van der Waals surface area (Å²) >= 11 is 2.23. The van der Waals surface area contributed by atoms with E-state index in [-0.39, 0.29) is 16.4 Å². The molecule has 0 saturated heterocycles. The minimum Gasteiger partial charge on any atom is -0.451 e. The molecule has 0 aliphatic rings. The first-order chi connectivity index (χ1) is 15.4. The minimum absolute atomic E-state index is 0.0110. The molecule has 0 radical (unpaired) electrons. The number of benzene rings is 2. The Morgan fingerprint density at radius 1 is 1.09 bits per heavy atom. The quantitative estimate of drug-likeness (QED) is 0.385. The monoisotopic (exact) mass is 471 g/mol. The van der Waals surface area contributed by atoms with Crippen LogP contribution in [-0.2, 0) is 9.53 Å². The van der Waals surface area contributed by atoms with Crippen molar-refractivity contribution in [1.29, 1.82) is 0 Å². The van der Waals surface area contributed by atoms with Gasteiger partial charge in [-0.1, -0.05) is 30.3 Å². The number of nitrogens with zero attached hydrogens (tertiary/aromatic N) is 2. The van der Waals surface area contributed by atoms with Crippen LogP contribution in [0.25, 0.3) is 21.8 Å². The first-order valence-electron chi connectivity index (χ1n) is 9.31. The summed E-state index contributed by atoms with van der Waals surface area (Å²) in [6.07, 6.45) is 0. The number of carbonyl (C=O) groups excluding carboxylic acids is 2. The van der Waals surface area contributed by atoms with Crippen LogP contribution in [0.3, 0.4) is 0 Å². The van der Waals surface area contributed by atoms with Gasteiger partial charge in [-0.2, -0.15) is 0 Å². The van der Waals surface area contributed by atoms with E-state index in [0.717, 1.165) is 35.1 Å². The molecule has 4 rings (SSSR count). The maximum Gasteiger partial charge on any atom is 0.350 e. The van der Waals surface area contributed by atoms with E-state index in [9.17, 15) is 18.4 Å². The smallest absolute Gasteiger partial charge is 0.350 e. The first-order valence-corrected chi connectivity index (χ1v) is 11.0. The summed E-state index contributed by atoms with van der Waals surface area (Å²) in [5.41, 5.74) is 1.57. The number of hydrogen-bond acceptors (Lipinski definition) is 7. The minimum atomic E-state index is -0.654. The highest BCUT2D eigenvalue weighted by Crippen LogP contribution is 2.29. The second-order valence-corrected chi connectivity index (χ2v) is 8.44. The van der Waals surface area contributed by atoms with Crippen LogP contribution in [0.15, 0.2) is 53.9 Å². The van der Waals surface area contributed by atoms with Crippen molar-refractivity contribution in [3.05, 3.63) is 76.1 Å². The van der Waals surface area contributed by atoms with Crippen LogP contribution in [0.2, 0.25) is 0 Å². The number of carbonyl (C=O) groups is 2. The van der Waals surface area contributed by atoms with E-state index in [2.05, 4.69) is 15.3 Å². The fourth-order valence-corrected chi connectivity index (χ4v) is 4.48. The Morgan fingerprint density at radius 3 is 2.66 bits per heavy atom. The van der Waals surface area contributed by atoms with E-state index in [1.807, 2.05) is 30.3 Å². The molecular formula is C22H15F2N3O3S2. The van der Waals surface area contributed by atoms with Gasteiger partial charge in [0, 0.05) is 16.5 Å². The summed E-state index contributed by atoms with van der Waals surface area (Å²) < 4.78 is 32.4. The van der Waals surface area contributed by atoms with Crippen molar-refractivity contribution in [1.82, 2.24) is 9.97 Å². The average Bonchev–Trinajstić information content (AvgIpc) is 3.41. The van der Waals surface area contributed by atoms with Crippen molar-refractivity contribution < 1.29 is 23.1 Å². The van der Waals surface area contributed by atoms with Gasteiger partial charge < -0.3 is 4.74 Å².